The monoisotopic (exact) mass is 331 g/mol. The molecule has 0 N–H and O–H groups in total. The van der Waals surface area contributed by atoms with Crippen LogP contribution in [-0.2, 0) is 0 Å². The van der Waals surface area contributed by atoms with Crippen molar-refractivity contribution < 1.29 is 0 Å². The van der Waals surface area contributed by atoms with Gasteiger partial charge in [0.2, 0.25) is 0 Å². The summed E-state index contributed by atoms with van der Waals surface area (Å²) in [6.45, 7) is 10.7. The fraction of sp³-hybridized carbons (Fsp3) is 1.00. The Morgan fingerprint density at radius 1 is 0.667 bits per heavy atom. The molecule has 5 rings (SSSR count). The predicted molar refractivity (Wildman–Crippen MR) is 99.2 cm³/mol. The zero-order valence-corrected chi connectivity index (χ0v) is 16.0. The highest BCUT2D eigenvalue weighted by molar-refractivity contribution is 5.06. The summed E-state index contributed by atoms with van der Waals surface area (Å²) >= 11 is 0. The second-order valence-electron chi connectivity index (χ2n) is 10.5. The van der Waals surface area contributed by atoms with E-state index < -0.39 is 0 Å². The van der Waals surface area contributed by atoms with E-state index in [1.165, 1.54) is 90.6 Å². The molecule has 0 radical (unpaired) electrons. The summed E-state index contributed by atoms with van der Waals surface area (Å²) in [6, 6.07) is 1.90. The summed E-state index contributed by atoms with van der Waals surface area (Å²) in [5, 5.41) is 0. The molecule has 3 heterocycles. The Hall–Kier alpha value is -0.120. The number of piperidine rings is 2. The maximum atomic E-state index is 2.88. The maximum Gasteiger partial charge on any atom is 0.0106 e. The normalized spacial score (nSPS) is 38.0. The van der Waals surface area contributed by atoms with Crippen LogP contribution in [0.25, 0.3) is 0 Å². The van der Waals surface area contributed by atoms with Gasteiger partial charge in [0.1, 0.15) is 0 Å². The van der Waals surface area contributed by atoms with Crippen LogP contribution in [0.1, 0.15) is 58.3 Å². The average molecular weight is 332 g/mol. The molecule has 2 saturated carbocycles. The number of likely N-dealkylation sites (tertiary alicyclic amines) is 3. The largest absolute Gasteiger partial charge is 0.306 e. The van der Waals surface area contributed by atoms with Crippen LogP contribution >= 0.6 is 0 Å². The molecule has 0 aromatic rings. The quantitative estimate of drug-likeness (QED) is 0.770. The molecule has 3 heteroatoms. The van der Waals surface area contributed by atoms with Gasteiger partial charge in [-0.15, -0.1) is 0 Å². The molecule has 5 fully saturated rings. The summed E-state index contributed by atoms with van der Waals surface area (Å²) in [5.74, 6) is 0.967. The second-order valence-corrected chi connectivity index (χ2v) is 10.5. The first-order valence-electron chi connectivity index (χ1n) is 10.7. The Morgan fingerprint density at radius 3 is 1.62 bits per heavy atom. The lowest BCUT2D eigenvalue weighted by atomic mass is 9.57. The maximum absolute atomic E-state index is 2.88. The minimum absolute atomic E-state index is 0.752. The molecule has 0 unspecified atom stereocenters. The van der Waals surface area contributed by atoms with Crippen molar-refractivity contribution in [2.24, 2.45) is 16.7 Å². The Balaban J connectivity index is 1.07. The van der Waals surface area contributed by atoms with Crippen molar-refractivity contribution in [1.82, 2.24) is 14.7 Å². The smallest absolute Gasteiger partial charge is 0.0106 e. The van der Waals surface area contributed by atoms with E-state index in [-0.39, 0.29) is 0 Å². The predicted octanol–water partition coefficient (Wildman–Crippen LogP) is 3.06. The van der Waals surface area contributed by atoms with Crippen LogP contribution in [-0.4, -0.2) is 73.1 Å². The molecular formula is C21H37N3. The van der Waals surface area contributed by atoms with Crippen molar-refractivity contribution in [1.29, 1.82) is 0 Å². The summed E-state index contributed by atoms with van der Waals surface area (Å²) in [6.07, 6.45) is 12.0. The summed E-state index contributed by atoms with van der Waals surface area (Å²) in [5.41, 5.74) is 1.51. The lowest BCUT2D eigenvalue weighted by Gasteiger charge is -2.61. The van der Waals surface area contributed by atoms with Gasteiger partial charge in [-0.2, -0.15) is 0 Å². The van der Waals surface area contributed by atoms with Crippen molar-refractivity contribution in [3.63, 3.8) is 0 Å². The van der Waals surface area contributed by atoms with Crippen LogP contribution in [0.3, 0.4) is 0 Å². The number of nitrogens with zero attached hydrogens (tertiary/aromatic N) is 3. The van der Waals surface area contributed by atoms with E-state index in [1.807, 2.05) is 0 Å². The fourth-order valence-corrected chi connectivity index (χ4v) is 6.71. The Kier molecular flexibility index (Phi) is 3.81. The molecule has 136 valence electrons. The van der Waals surface area contributed by atoms with Crippen LogP contribution < -0.4 is 0 Å². The van der Waals surface area contributed by atoms with Crippen LogP contribution in [0.15, 0.2) is 0 Å². The van der Waals surface area contributed by atoms with E-state index in [1.54, 1.807) is 0 Å². The third kappa shape index (κ3) is 2.66. The van der Waals surface area contributed by atoms with Gasteiger partial charge in [0, 0.05) is 25.2 Å². The lowest BCUT2D eigenvalue weighted by molar-refractivity contribution is -0.101. The molecular weight excluding hydrogens is 294 g/mol. The number of rotatable bonds is 2. The molecule has 5 aliphatic rings. The van der Waals surface area contributed by atoms with E-state index in [9.17, 15) is 0 Å². The Morgan fingerprint density at radius 2 is 1.12 bits per heavy atom. The van der Waals surface area contributed by atoms with Crippen LogP contribution in [0.4, 0.5) is 0 Å². The van der Waals surface area contributed by atoms with E-state index in [0.29, 0.717) is 0 Å². The molecule has 0 atom stereocenters. The molecule has 3 saturated heterocycles. The van der Waals surface area contributed by atoms with Gasteiger partial charge in [-0.05, 0) is 101 Å². The van der Waals surface area contributed by atoms with Gasteiger partial charge in [0.05, 0.1) is 0 Å². The van der Waals surface area contributed by atoms with E-state index >= 15 is 0 Å². The minimum atomic E-state index is 0.752. The zero-order valence-electron chi connectivity index (χ0n) is 16.0. The molecule has 2 spiro atoms. The van der Waals surface area contributed by atoms with Crippen molar-refractivity contribution >= 4 is 0 Å². The SMILES string of the molecule is CC1CN(C2CC3(CCN(C4CC5(CCN(C)CC5)C4)CC3)C2)C1. The molecule has 0 amide bonds. The summed E-state index contributed by atoms with van der Waals surface area (Å²) in [7, 11) is 2.29. The molecule has 0 aromatic carbocycles. The molecule has 24 heavy (non-hydrogen) atoms. The highest BCUT2D eigenvalue weighted by Crippen LogP contribution is 2.55. The lowest BCUT2D eigenvalue weighted by Crippen LogP contribution is -2.62. The second kappa shape index (κ2) is 5.69. The molecule has 0 aromatic heterocycles. The van der Waals surface area contributed by atoms with Crippen LogP contribution in [0.5, 0.6) is 0 Å². The zero-order chi connectivity index (χ0) is 16.4. The van der Waals surface area contributed by atoms with Crippen molar-refractivity contribution in [3.8, 4) is 0 Å². The third-order valence-corrected chi connectivity index (χ3v) is 8.71. The van der Waals surface area contributed by atoms with Gasteiger partial charge < -0.3 is 9.80 Å². The Labute approximate surface area is 148 Å². The fourth-order valence-electron chi connectivity index (χ4n) is 6.71. The highest BCUT2D eigenvalue weighted by atomic mass is 15.2. The number of hydrogen-bond donors (Lipinski definition) is 0. The standard InChI is InChI=1S/C21H37N3/c1-17-15-24(16-17)19-13-21(14-19)5-9-23(10-6-21)18-11-20(12-18)3-7-22(2)8-4-20/h17-19H,3-16H2,1-2H3. The Bertz CT molecular complexity index is 451. The van der Waals surface area contributed by atoms with Crippen molar-refractivity contribution in [2.75, 3.05) is 46.3 Å². The summed E-state index contributed by atoms with van der Waals surface area (Å²) in [4.78, 5) is 8.17. The molecule has 3 nitrogen and oxygen atoms in total. The molecule has 2 aliphatic carbocycles. The van der Waals surface area contributed by atoms with Gasteiger partial charge in [0.25, 0.3) is 0 Å². The first-order valence-corrected chi connectivity index (χ1v) is 10.7. The topological polar surface area (TPSA) is 9.72 Å². The van der Waals surface area contributed by atoms with E-state index in [0.717, 1.165) is 28.8 Å². The van der Waals surface area contributed by atoms with Crippen molar-refractivity contribution in [3.05, 3.63) is 0 Å². The van der Waals surface area contributed by atoms with Gasteiger partial charge in [-0.3, -0.25) is 4.90 Å². The third-order valence-electron chi connectivity index (χ3n) is 8.71. The van der Waals surface area contributed by atoms with Gasteiger partial charge in [0.15, 0.2) is 0 Å². The van der Waals surface area contributed by atoms with E-state index in [2.05, 4.69) is 28.7 Å². The van der Waals surface area contributed by atoms with Crippen LogP contribution in [0.2, 0.25) is 0 Å². The average Bonchev–Trinajstić information content (AvgIpc) is 2.49. The van der Waals surface area contributed by atoms with Gasteiger partial charge in [-0.25, -0.2) is 0 Å². The van der Waals surface area contributed by atoms with Crippen molar-refractivity contribution in [2.45, 2.75) is 70.4 Å². The highest BCUT2D eigenvalue weighted by Gasteiger charge is 2.52. The molecule has 0 bridgehead atoms. The van der Waals surface area contributed by atoms with Gasteiger partial charge in [-0.1, -0.05) is 6.92 Å². The van der Waals surface area contributed by atoms with E-state index in [4.69, 9.17) is 0 Å². The number of hydrogen-bond acceptors (Lipinski definition) is 3. The first-order chi connectivity index (χ1) is 11.5. The van der Waals surface area contributed by atoms with Crippen LogP contribution in [0, 0.1) is 16.7 Å². The van der Waals surface area contributed by atoms with Gasteiger partial charge >= 0.3 is 0 Å². The molecule has 3 aliphatic heterocycles. The summed E-state index contributed by atoms with van der Waals surface area (Å²) < 4.78 is 0. The minimum Gasteiger partial charge on any atom is -0.306 e. The first kappa shape index (κ1) is 16.1.